The van der Waals surface area contributed by atoms with Crippen LogP contribution in [0.4, 0.5) is 14.7 Å². The van der Waals surface area contributed by atoms with Gasteiger partial charge >= 0.3 is 0 Å². The van der Waals surface area contributed by atoms with Crippen molar-refractivity contribution in [2.24, 2.45) is 0 Å². The van der Waals surface area contributed by atoms with Crippen LogP contribution in [0.3, 0.4) is 0 Å². The van der Waals surface area contributed by atoms with Crippen LogP contribution in [0.1, 0.15) is 33.6 Å². The standard InChI is InChI=1S/C14H9N3O2.C6H11F2N.C4H6N2O/c18-8-10-3-12-1-2-17(14(12)16-6-10)13-4-11(9-19)5-15-7-13;1-9-4-2-6(7,8)3-5-9;1-5-4-2-3-6-7-4/h1-9H;2-5H2,1H3;2-3,5H,1H3. The molecule has 35 heavy (non-hydrogen) atoms. The van der Waals surface area contributed by atoms with Crippen molar-refractivity contribution < 1.29 is 22.9 Å². The van der Waals surface area contributed by atoms with Crippen molar-refractivity contribution in [3.8, 4) is 5.69 Å². The van der Waals surface area contributed by atoms with Gasteiger partial charge in [0.2, 0.25) is 5.88 Å². The van der Waals surface area contributed by atoms with E-state index < -0.39 is 5.92 Å². The van der Waals surface area contributed by atoms with Crippen LogP contribution >= 0.6 is 0 Å². The van der Waals surface area contributed by atoms with Crippen molar-refractivity contribution in [3.63, 3.8) is 0 Å². The number of aldehydes is 2. The molecule has 4 aromatic heterocycles. The van der Waals surface area contributed by atoms with Gasteiger partial charge in [-0.15, -0.1) is 0 Å². The second kappa shape index (κ2) is 11.9. The number of carbonyl (C=O) groups excluding carboxylic acids is 2. The summed E-state index contributed by atoms with van der Waals surface area (Å²) >= 11 is 0. The molecule has 184 valence electrons. The second-order valence-corrected chi connectivity index (χ2v) is 7.87. The van der Waals surface area contributed by atoms with Gasteiger partial charge in [-0.2, -0.15) is 0 Å². The van der Waals surface area contributed by atoms with Gasteiger partial charge in [-0.1, -0.05) is 5.16 Å². The Hall–Kier alpha value is -3.99. The number of fused-ring (bicyclic) bond motifs is 1. The van der Waals surface area contributed by atoms with E-state index in [1.54, 1.807) is 37.6 Å². The summed E-state index contributed by atoms with van der Waals surface area (Å²) in [5.41, 5.74) is 2.51. The van der Waals surface area contributed by atoms with Crippen LogP contribution < -0.4 is 5.32 Å². The number of carbonyl (C=O) groups is 2. The molecule has 0 saturated carbocycles. The average Bonchev–Trinajstić information content (AvgIpc) is 3.56. The molecule has 0 spiro atoms. The van der Waals surface area contributed by atoms with Crippen LogP contribution in [0.5, 0.6) is 0 Å². The SMILES string of the molecule is CN1CCC(F)(F)CC1.CNc1ccno1.O=Cc1cncc(-n2ccc3cc(C=O)cnc32)c1. The van der Waals surface area contributed by atoms with E-state index in [-0.39, 0.29) is 12.8 Å². The van der Waals surface area contributed by atoms with Gasteiger partial charge in [0.1, 0.15) is 5.65 Å². The number of alkyl halides is 2. The summed E-state index contributed by atoms with van der Waals surface area (Å²) in [6.07, 6.45) is 9.67. The van der Waals surface area contributed by atoms with Gasteiger partial charge < -0.3 is 14.7 Å². The number of halogens is 2. The lowest BCUT2D eigenvalue weighted by molar-refractivity contribution is -0.0504. The number of aromatic nitrogens is 4. The molecule has 1 aliphatic rings. The molecule has 9 nitrogen and oxygen atoms in total. The molecule has 0 bridgehead atoms. The normalized spacial score (nSPS) is 14.7. The van der Waals surface area contributed by atoms with Gasteiger partial charge in [-0.3, -0.25) is 19.1 Å². The number of hydrogen-bond donors (Lipinski definition) is 1. The largest absolute Gasteiger partial charge is 0.357 e. The molecule has 0 atom stereocenters. The third kappa shape index (κ3) is 7.24. The first-order valence-electron chi connectivity index (χ1n) is 10.8. The topological polar surface area (TPSA) is 106 Å². The number of anilines is 1. The Labute approximate surface area is 200 Å². The summed E-state index contributed by atoms with van der Waals surface area (Å²) in [7, 11) is 3.65. The fourth-order valence-electron chi connectivity index (χ4n) is 3.25. The monoisotopic (exact) mass is 484 g/mol. The third-order valence-corrected chi connectivity index (χ3v) is 5.25. The van der Waals surface area contributed by atoms with Crippen LogP contribution in [-0.4, -0.2) is 70.3 Å². The van der Waals surface area contributed by atoms with E-state index in [9.17, 15) is 18.4 Å². The van der Waals surface area contributed by atoms with Gasteiger partial charge in [0.25, 0.3) is 5.92 Å². The first-order chi connectivity index (χ1) is 16.8. The summed E-state index contributed by atoms with van der Waals surface area (Å²) in [4.78, 5) is 31.7. The number of likely N-dealkylation sites (tertiary alicyclic amines) is 1. The molecule has 11 heteroatoms. The third-order valence-electron chi connectivity index (χ3n) is 5.25. The van der Waals surface area contributed by atoms with Crippen LogP contribution in [0.15, 0.2) is 59.8 Å². The van der Waals surface area contributed by atoms with Crippen molar-refractivity contribution in [1.29, 1.82) is 0 Å². The lowest BCUT2D eigenvalue weighted by atomic mass is 10.1. The zero-order chi connectivity index (χ0) is 25.3. The van der Waals surface area contributed by atoms with E-state index in [4.69, 9.17) is 0 Å². The molecule has 4 aromatic rings. The highest BCUT2D eigenvalue weighted by Gasteiger charge is 2.32. The summed E-state index contributed by atoms with van der Waals surface area (Å²) < 4.78 is 31.1. The summed E-state index contributed by atoms with van der Waals surface area (Å²) in [6.45, 7) is 1.07. The fraction of sp³-hybridized carbons (Fsp3) is 0.292. The number of rotatable bonds is 4. The van der Waals surface area contributed by atoms with Crippen molar-refractivity contribution in [3.05, 3.63) is 66.4 Å². The molecule has 0 radical (unpaired) electrons. The van der Waals surface area contributed by atoms with Gasteiger partial charge in [0.15, 0.2) is 12.6 Å². The van der Waals surface area contributed by atoms with E-state index in [2.05, 4.69) is 25.0 Å². The first-order valence-corrected chi connectivity index (χ1v) is 10.8. The highest BCUT2D eigenvalue weighted by atomic mass is 19.3. The lowest BCUT2D eigenvalue weighted by Crippen LogP contribution is -2.36. The molecular weight excluding hydrogens is 458 g/mol. The summed E-state index contributed by atoms with van der Waals surface area (Å²) in [5.74, 6) is -1.69. The summed E-state index contributed by atoms with van der Waals surface area (Å²) in [5, 5.41) is 7.10. The Bertz CT molecular complexity index is 1230. The smallest absolute Gasteiger partial charge is 0.250 e. The lowest BCUT2D eigenvalue weighted by Gasteiger charge is -2.28. The molecule has 1 aliphatic heterocycles. The van der Waals surface area contributed by atoms with Crippen LogP contribution in [-0.2, 0) is 0 Å². The molecule has 0 unspecified atom stereocenters. The molecule has 5 heterocycles. The number of nitrogens with one attached hydrogen (secondary N) is 1. The Morgan fingerprint density at radius 1 is 1.06 bits per heavy atom. The maximum absolute atomic E-state index is 12.4. The van der Waals surface area contributed by atoms with Crippen LogP contribution in [0.2, 0.25) is 0 Å². The maximum Gasteiger partial charge on any atom is 0.250 e. The zero-order valence-electron chi connectivity index (χ0n) is 19.4. The molecule has 1 saturated heterocycles. The minimum atomic E-state index is -2.38. The van der Waals surface area contributed by atoms with Gasteiger partial charge in [0.05, 0.1) is 18.1 Å². The predicted molar refractivity (Wildman–Crippen MR) is 127 cm³/mol. The maximum atomic E-state index is 12.4. The minimum absolute atomic E-state index is 0.0312. The zero-order valence-corrected chi connectivity index (χ0v) is 19.4. The number of pyridine rings is 2. The van der Waals surface area contributed by atoms with Crippen molar-refractivity contribution >= 4 is 29.5 Å². The Morgan fingerprint density at radius 2 is 1.77 bits per heavy atom. The molecule has 0 aromatic carbocycles. The van der Waals surface area contributed by atoms with E-state index in [0.717, 1.165) is 29.3 Å². The van der Waals surface area contributed by atoms with E-state index in [1.165, 1.54) is 12.4 Å². The van der Waals surface area contributed by atoms with E-state index in [0.29, 0.717) is 30.1 Å². The average molecular weight is 485 g/mol. The second-order valence-electron chi connectivity index (χ2n) is 7.87. The van der Waals surface area contributed by atoms with E-state index >= 15 is 0 Å². The molecular formula is C24H26F2N6O3. The number of piperidine rings is 1. The van der Waals surface area contributed by atoms with Crippen LogP contribution in [0, 0.1) is 0 Å². The number of nitrogens with zero attached hydrogens (tertiary/aromatic N) is 5. The fourth-order valence-corrected chi connectivity index (χ4v) is 3.25. The molecule has 5 rings (SSSR count). The van der Waals surface area contributed by atoms with Gasteiger partial charge in [-0.05, 0) is 25.2 Å². The van der Waals surface area contributed by atoms with Crippen LogP contribution in [0.25, 0.3) is 16.7 Å². The Morgan fingerprint density at radius 3 is 2.34 bits per heavy atom. The minimum Gasteiger partial charge on any atom is -0.357 e. The highest BCUT2D eigenvalue weighted by Crippen LogP contribution is 2.26. The first kappa shape index (κ1) is 25.6. The van der Waals surface area contributed by atoms with E-state index in [1.807, 2.05) is 28.8 Å². The number of hydrogen-bond acceptors (Lipinski definition) is 8. The van der Waals surface area contributed by atoms with Crippen molar-refractivity contribution in [1.82, 2.24) is 24.6 Å². The predicted octanol–water partition coefficient (Wildman–Crippen LogP) is 4.11. The quantitative estimate of drug-likeness (QED) is 0.432. The van der Waals surface area contributed by atoms with Crippen molar-refractivity contribution in [2.75, 3.05) is 32.5 Å². The summed E-state index contributed by atoms with van der Waals surface area (Å²) in [6, 6.07) is 7.11. The molecule has 0 amide bonds. The van der Waals surface area contributed by atoms with Crippen molar-refractivity contribution in [2.45, 2.75) is 18.8 Å². The highest BCUT2D eigenvalue weighted by molar-refractivity contribution is 5.85. The van der Waals surface area contributed by atoms with Gasteiger partial charge in [-0.25, -0.2) is 13.8 Å². The molecule has 1 fully saturated rings. The Kier molecular flexibility index (Phi) is 8.74. The molecule has 1 N–H and O–H groups in total. The molecule has 0 aliphatic carbocycles. The van der Waals surface area contributed by atoms with Gasteiger partial charge in [0, 0.05) is 74.1 Å². The Balaban J connectivity index is 0.000000177.